The molecule has 0 radical (unpaired) electrons. The number of nitrogens with zero attached hydrogens (tertiary/aromatic N) is 1. The van der Waals surface area contributed by atoms with Crippen LogP contribution in [0.3, 0.4) is 0 Å². The number of hydrogen-bond donors (Lipinski definition) is 3. The van der Waals surface area contributed by atoms with E-state index in [-0.39, 0.29) is 22.4 Å². The second-order valence-corrected chi connectivity index (χ2v) is 3.22. The Morgan fingerprint density at radius 3 is 2.76 bits per heavy atom. The highest BCUT2D eigenvalue weighted by Gasteiger charge is 2.14. The number of aromatic nitrogens is 3. The number of rotatable bonds is 1. The number of hydrogen-bond acceptors (Lipinski definition) is 6. The molecule has 0 aromatic carbocycles. The second-order valence-electron chi connectivity index (χ2n) is 3.22. The second kappa shape index (κ2) is 3.74. The molecule has 0 aliphatic carbocycles. The van der Waals surface area contributed by atoms with E-state index >= 15 is 0 Å². The summed E-state index contributed by atoms with van der Waals surface area (Å²) < 4.78 is 4.49. The molecule has 88 valence electrons. The third kappa shape index (κ3) is 1.75. The third-order valence-electron chi connectivity index (χ3n) is 2.16. The molecule has 0 saturated carbocycles. The van der Waals surface area contributed by atoms with Crippen molar-refractivity contribution in [2.75, 3.05) is 12.8 Å². The average molecular weight is 236 g/mol. The zero-order valence-corrected chi connectivity index (χ0v) is 8.73. The van der Waals surface area contributed by atoms with E-state index in [0.717, 1.165) is 0 Å². The maximum absolute atomic E-state index is 11.5. The number of methoxy groups -OCH3 is 1. The third-order valence-corrected chi connectivity index (χ3v) is 2.16. The van der Waals surface area contributed by atoms with E-state index in [4.69, 9.17) is 5.73 Å². The first-order valence-electron chi connectivity index (χ1n) is 4.54. The first-order valence-corrected chi connectivity index (χ1v) is 4.54. The Morgan fingerprint density at radius 2 is 2.12 bits per heavy atom. The molecule has 17 heavy (non-hydrogen) atoms. The number of esters is 1. The molecule has 8 nitrogen and oxygen atoms in total. The fraction of sp³-hybridized carbons (Fsp3) is 0.111. The normalized spacial score (nSPS) is 10.4. The molecule has 0 bridgehead atoms. The number of fused-ring (bicyclic) bond motifs is 1. The molecule has 2 aromatic rings. The van der Waals surface area contributed by atoms with Gasteiger partial charge in [-0.15, -0.1) is 0 Å². The van der Waals surface area contributed by atoms with Crippen molar-refractivity contribution in [2.45, 2.75) is 0 Å². The van der Waals surface area contributed by atoms with Gasteiger partial charge in [-0.25, -0.2) is 14.6 Å². The van der Waals surface area contributed by atoms with Gasteiger partial charge in [0.1, 0.15) is 17.0 Å². The molecule has 0 atom stereocenters. The fourth-order valence-electron chi connectivity index (χ4n) is 1.38. The summed E-state index contributed by atoms with van der Waals surface area (Å²) in [5.74, 6) is -0.826. The summed E-state index contributed by atoms with van der Waals surface area (Å²) in [6.07, 6.45) is 0. The predicted molar refractivity (Wildman–Crippen MR) is 58.7 cm³/mol. The monoisotopic (exact) mass is 236 g/mol. The minimum atomic E-state index is -0.706. The average Bonchev–Trinajstić information content (AvgIpc) is 2.27. The molecule has 8 heteroatoms. The minimum Gasteiger partial charge on any atom is -0.465 e. The minimum absolute atomic E-state index is 0.0175. The van der Waals surface area contributed by atoms with Gasteiger partial charge in [0.25, 0.3) is 5.56 Å². The van der Waals surface area contributed by atoms with E-state index in [2.05, 4.69) is 14.7 Å². The summed E-state index contributed by atoms with van der Waals surface area (Å²) >= 11 is 0. The first-order chi connectivity index (χ1) is 8.02. The summed E-state index contributed by atoms with van der Waals surface area (Å²) in [6, 6.07) is 1.22. The van der Waals surface area contributed by atoms with Gasteiger partial charge in [0, 0.05) is 0 Å². The van der Waals surface area contributed by atoms with Crippen LogP contribution in [0.5, 0.6) is 0 Å². The smallest absolute Gasteiger partial charge is 0.341 e. The molecule has 0 aliphatic heterocycles. The van der Waals surface area contributed by atoms with Crippen molar-refractivity contribution in [2.24, 2.45) is 0 Å². The number of aromatic amines is 2. The largest absolute Gasteiger partial charge is 0.465 e. The predicted octanol–water partition coefficient (Wildman–Crippen LogP) is -1.02. The zero-order valence-electron chi connectivity index (χ0n) is 8.73. The van der Waals surface area contributed by atoms with Crippen LogP contribution >= 0.6 is 0 Å². The van der Waals surface area contributed by atoms with Gasteiger partial charge in [-0.2, -0.15) is 0 Å². The number of anilines is 1. The Kier molecular flexibility index (Phi) is 2.39. The van der Waals surface area contributed by atoms with Crippen LogP contribution in [0.4, 0.5) is 5.82 Å². The summed E-state index contributed by atoms with van der Waals surface area (Å²) in [7, 11) is 1.18. The Labute approximate surface area is 93.4 Å². The molecule has 0 aliphatic rings. The highest BCUT2D eigenvalue weighted by molar-refractivity contribution is 5.97. The molecular formula is C9H8N4O4. The lowest BCUT2D eigenvalue weighted by atomic mass is 10.2. The summed E-state index contributed by atoms with van der Waals surface area (Å²) in [6.45, 7) is 0. The van der Waals surface area contributed by atoms with Crippen LogP contribution in [0.25, 0.3) is 11.0 Å². The molecule has 0 fully saturated rings. The van der Waals surface area contributed by atoms with Gasteiger partial charge < -0.3 is 10.5 Å². The molecule has 0 spiro atoms. The molecule has 0 amide bonds. The highest BCUT2D eigenvalue weighted by Crippen LogP contribution is 2.14. The number of ether oxygens (including phenoxy) is 1. The number of pyridine rings is 1. The first kappa shape index (κ1) is 10.9. The van der Waals surface area contributed by atoms with Gasteiger partial charge in [-0.05, 0) is 6.07 Å². The van der Waals surface area contributed by atoms with Crippen LogP contribution in [0.2, 0.25) is 0 Å². The number of nitrogen functional groups attached to an aromatic ring is 1. The van der Waals surface area contributed by atoms with Gasteiger partial charge in [-0.3, -0.25) is 14.8 Å². The number of carbonyl (C=O) groups is 1. The van der Waals surface area contributed by atoms with Gasteiger partial charge in [0.15, 0.2) is 0 Å². The van der Waals surface area contributed by atoms with Crippen molar-refractivity contribution < 1.29 is 9.53 Å². The number of carbonyl (C=O) groups excluding carboxylic acids is 1. The Balaban J connectivity index is 2.85. The lowest BCUT2D eigenvalue weighted by Crippen LogP contribution is -2.23. The lowest BCUT2D eigenvalue weighted by Gasteiger charge is -2.03. The summed E-state index contributed by atoms with van der Waals surface area (Å²) in [5.41, 5.74) is 4.16. The van der Waals surface area contributed by atoms with Gasteiger partial charge >= 0.3 is 11.7 Å². The van der Waals surface area contributed by atoms with Crippen LogP contribution in [0.1, 0.15) is 10.4 Å². The van der Waals surface area contributed by atoms with Crippen molar-refractivity contribution in [3.63, 3.8) is 0 Å². The lowest BCUT2D eigenvalue weighted by molar-refractivity contribution is 0.0602. The van der Waals surface area contributed by atoms with Crippen molar-refractivity contribution in [1.82, 2.24) is 15.0 Å². The molecule has 0 saturated heterocycles. The van der Waals surface area contributed by atoms with E-state index in [1.807, 2.05) is 4.98 Å². The van der Waals surface area contributed by atoms with Crippen molar-refractivity contribution in [3.8, 4) is 0 Å². The maximum Gasteiger partial charge on any atom is 0.341 e. The summed E-state index contributed by atoms with van der Waals surface area (Å²) in [5, 5.41) is 0.0548. The maximum atomic E-state index is 11.5. The van der Waals surface area contributed by atoms with Crippen LogP contribution in [-0.4, -0.2) is 28.0 Å². The van der Waals surface area contributed by atoms with E-state index in [1.54, 1.807) is 0 Å². The van der Waals surface area contributed by atoms with E-state index in [0.29, 0.717) is 0 Å². The van der Waals surface area contributed by atoms with Crippen LogP contribution < -0.4 is 17.0 Å². The SMILES string of the molecule is COC(=O)c1cc2c(=O)[nH]c(=O)[nH]c2nc1N. The van der Waals surface area contributed by atoms with E-state index < -0.39 is 17.2 Å². The zero-order chi connectivity index (χ0) is 12.6. The number of H-pyrrole nitrogens is 2. The van der Waals surface area contributed by atoms with Gasteiger partial charge in [0.05, 0.1) is 12.5 Å². The molecule has 2 aromatic heterocycles. The van der Waals surface area contributed by atoms with E-state index in [9.17, 15) is 14.4 Å². The van der Waals surface area contributed by atoms with Crippen LogP contribution in [-0.2, 0) is 4.74 Å². The highest BCUT2D eigenvalue weighted by atomic mass is 16.5. The van der Waals surface area contributed by atoms with Crippen molar-refractivity contribution in [1.29, 1.82) is 0 Å². The molecular weight excluding hydrogens is 228 g/mol. The topological polar surface area (TPSA) is 131 Å². The Morgan fingerprint density at radius 1 is 1.41 bits per heavy atom. The standard InChI is InChI=1S/C9H8N4O4/c1-17-8(15)3-2-4-6(11-5(3)10)12-9(16)13-7(4)14/h2H,1H3,(H4,10,11,12,13,14,16). The number of nitrogens with one attached hydrogen (secondary N) is 2. The fourth-order valence-corrected chi connectivity index (χ4v) is 1.38. The summed E-state index contributed by atoms with van der Waals surface area (Å²) in [4.78, 5) is 41.9. The van der Waals surface area contributed by atoms with Gasteiger partial charge in [-0.1, -0.05) is 0 Å². The molecule has 2 rings (SSSR count). The van der Waals surface area contributed by atoms with E-state index in [1.165, 1.54) is 13.2 Å². The van der Waals surface area contributed by atoms with Crippen molar-refractivity contribution >= 4 is 22.8 Å². The van der Waals surface area contributed by atoms with Crippen molar-refractivity contribution in [3.05, 3.63) is 32.5 Å². The molecule has 2 heterocycles. The van der Waals surface area contributed by atoms with Crippen LogP contribution in [0.15, 0.2) is 15.7 Å². The Bertz CT molecular complexity index is 715. The number of nitrogens with two attached hydrogens (primary N) is 1. The quantitative estimate of drug-likeness (QED) is 0.543. The Hall–Kier alpha value is -2.64. The van der Waals surface area contributed by atoms with Crippen LogP contribution in [0, 0.1) is 0 Å². The van der Waals surface area contributed by atoms with Gasteiger partial charge in [0.2, 0.25) is 0 Å². The molecule has 0 unspecified atom stereocenters. The molecule has 4 N–H and O–H groups in total.